The molecule has 37 heavy (non-hydrogen) atoms. The molecule has 3 heterocycles. The maximum atomic E-state index is 13.0. The molecule has 2 aliphatic rings. The molecule has 1 fully saturated rings. The summed E-state index contributed by atoms with van der Waals surface area (Å²) in [5.74, 6) is -0.521. The van der Waals surface area contributed by atoms with Crippen LogP contribution in [-0.2, 0) is 9.59 Å². The Hall–Kier alpha value is -3.68. The van der Waals surface area contributed by atoms with Gasteiger partial charge in [-0.2, -0.15) is 0 Å². The summed E-state index contributed by atoms with van der Waals surface area (Å²) in [4.78, 5) is 43.7. The van der Waals surface area contributed by atoms with Crippen molar-refractivity contribution in [1.82, 2.24) is 15.2 Å². The number of hydrogen-bond acceptors (Lipinski definition) is 4. The molecule has 0 saturated carbocycles. The minimum absolute atomic E-state index is 0.00351. The van der Waals surface area contributed by atoms with Crippen LogP contribution in [0.4, 0.5) is 5.69 Å². The van der Waals surface area contributed by atoms with Gasteiger partial charge in [0.15, 0.2) is 5.78 Å². The van der Waals surface area contributed by atoms with Gasteiger partial charge in [0.2, 0.25) is 0 Å². The van der Waals surface area contributed by atoms with E-state index in [0.29, 0.717) is 34.1 Å². The standard InChI is InChI=1S/C29H29ClN4O3/c1-17-25(32-18(2)26(17)29(37)31-15-21(35)16-34-11-3-4-12-34)14-23-27-22(19-7-5-8-20(30)13-19)9-6-10-24(27)33-28(23)36/h5-10,13-14,32H,3-4,11-12,15-16H2,1-2H3,(H,31,37)(H,33,36). The Kier molecular flexibility index (Phi) is 7.00. The smallest absolute Gasteiger partial charge is 0.256 e. The number of ketones is 1. The second-order valence-electron chi connectivity index (χ2n) is 9.62. The molecule has 0 bridgehead atoms. The van der Waals surface area contributed by atoms with Crippen LogP contribution >= 0.6 is 11.6 Å². The molecule has 3 N–H and O–H groups in total. The van der Waals surface area contributed by atoms with E-state index >= 15 is 0 Å². The second-order valence-corrected chi connectivity index (χ2v) is 10.1. The van der Waals surface area contributed by atoms with E-state index < -0.39 is 0 Å². The Balaban J connectivity index is 1.41. The van der Waals surface area contributed by atoms with Gasteiger partial charge in [-0.05, 0) is 80.7 Å². The molecular formula is C29H29ClN4O3. The lowest BCUT2D eigenvalue weighted by Crippen LogP contribution is -2.36. The summed E-state index contributed by atoms with van der Waals surface area (Å²) in [6.07, 6.45) is 4.01. The zero-order valence-corrected chi connectivity index (χ0v) is 21.7. The van der Waals surface area contributed by atoms with Gasteiger partial charge < -0.3 is 15.6 Å². The van der Waals surface area contributed by atoms with Crippen molar-refractivity contribution in [3.05, 3.63) is 75.6 Å². The van der Waals surface area contributed by atoms with Crippen LogP contribution in [0.1, 0.15) is 45.7 Å². The summed E-state index contributed by atoms with van der Waals surface area (Å²) in [5, 5.41) is 6.33. The number of nitrogens with zero attached hydrogens (tertiary/aromatic N) is 1. The van der Waals surface area contributed by atoms with E-state index in [1.165, 1.54) is 0 Å². The highest BCUT2D eigenvalue weighted by molar-refractivity contribution is 6.36. The number of aryl methyl sites for hydroxylation is 1. The van der Waals surface area contributed by atoms with Gasteiger partial charge in [-0.15, -0.1) is 0 Å². The van der Waals surface area contributed by atoms with Crippen LogP contribution in [0.25, 0.3) is 22.8 Å². The topological polar surface area (TPSA) is 94.3 Å². The van der Waals surface area contributed by atoms with Crippen molar-refractivity contribution in [3.63, 3.8) is 0 Å². The molecule has 7 nitrogen and oxygen atoms in total. The number of benzene rings is 2. The predicted molar refractivity (Wildman–Crippen MR) is 147 cm³/mol. The number of hydrogen-bond donors (Lipinski definition) is 3. The van der Waals surface area contributed by atoms with Gasteiger partial charge in [-0.25, -0.2) is 0 Å². The third-order valence-electron chi connectivity index (χ3n) is 7.00. The average molecular weight is 517 g/mol. The molecule has 0 radical (unpaired) electrons. The average Bonchev–Trinajstić information content (AvgIpc) is 3.56. The first-order valence-corrected chi connectivity index (χ1v) is 12.8. The zero-order valence-electron chi connectivity index (χ0n) is 20.9. The normalized spacial score (nSPS) is 16.2. The number of rotatable bonds is 7. The molecule has 0 unspecified atom stereocenters. The highest BCUT2D eigenvalue weighted by atomic mass is 35.5. The van der Waals surface area contributed by atoms with Gasteiger partial charge in [0.1, 0.15) is 0 Å². The van der Waals surface area contributed by atoms with Crippen LogP contribution in [0, 0.1) is 13.8 Å². The molecule has 0 aliphatic carbocycles. The molecular weight excluding hydrogens is 488 g/mol. The summed E-state index contributed by atoms with van der Waals surface area (Å²) >= 11 is 6.24. The number of likely N-dealkylation sites (tertiary alicyclic amines) is 1. The third-order valence-corrected chi connectivity index (χ3v) is 7.23. The first-order chi connectivity index (χ1) is 17.8. The number of Topliss-reactive ketones (excluding diaryl/α,β-unsaturated/α-hetero) is 1. The predicted octanol–water partition coefficient (Wildman–Crippen LogP) is 4.84. The second kappa shape index (κ2) is 10.4. The number of anilines is 1. The molecule has 3 aromatic rings. The van der Waals surface area contributed by atoms with Gasteiger partial charge in [-0.3, -0.25) is 19.3 Å². The van der Waals surface area contributed by atoms with Crippen molar-refractivity contribution in [2.45, 2.75) is 26.7 Å². The monoisotopic (exact) mass is 516 g/mol. The van der Waals surface area contributed by atoms with E-state index in [1.54, 1.807) is 6.08 Å². The number of fused-ring (bicyclic) bond motifs is 1. The van der Waals surface area contributed by atoms with Crippen LogP contribution in [-0.4, -0.2) is 53.7 Å². The molecule has 8 heteroatoms. The van der Waals surface area contributed by atoms with E-state index in [0.717, 1.165) is 53.9 Å². The van der Waals surface area contributed by atoms with Crippen molar-refractivity contribution >= 4 is 46.5 Å². The van der Waals surface area contributed by atoms with Crippen molar-refractivity contribution in [1.29, 1.82) is 0 Å². The highest BCUT2D eigenvalue weighted by Crippen LogP contribution is 2.41. The molecule has 190 valence electrons. The van der Waals surface area contributed by atoms with Crippen LogP contribution in [0.5, 0.6) is 0 Å². The first-order valence-electron chi connectivity index (χ1n) is 12.5. The maximum absolute atomic E-state index is 13.0. The van der Waals surface area contributed by atoms with Gasteiger partial charge in [0, 0.05) is 27.7 Å². The number of aromatic amines is 1. The lowest BCUT2D eigenvalue weighted by molar-refractivity contribution is -0.119. The quantitative estimate of drug-likeness (QED) is 0.392. The fraction of sp³-hybridized carbons (Fsp3) is 0.276. The number of carbonyl (C=O) groups excluding carboxylic acids is 3. The van der Waals surface area contributed by atoms with E-state index in [-0.39, 0.29) is 24.1 Å². The summed E-state index contributed by atoms with van der Waals surface area (Å²) in [7, 11) is 0. The Labute approximate surface area is 220 Å². The first kappa shape index (κ1) is 25.0. The molecule has 2 aliphatic heterocycles. The number of aromatic nitrogens is 1. The molecule has 0 spiro atoms. The number of carbonyl (C=O) groups is 3. The summed E-state index contributed by atoms with van der Waals surface area (Å²) in [6.45, 7) is 5.89. The fourth-order valence-electron chi connectivity index (χ4n) is 5.20. The summed E-state index contributed by atoms with van der Waals surface area (Å²) in [5.41, 5.74) is 6.37. The van der Waals surface area contributed by atoms with E-state index in [9.17, 15) is 14.4 Å². The number of amides is 2. The molecule has 1 saturated heterocycles. The summed E-state index contributed by atoms with van der Waals surface area (Å²) in [6, 6.07) is 13.2. The van der Waals surface area contributed by atoms with Crippen molar-refractivity contribution < 1.29 is 14.4 Å². The fourth-order valence-corrected chi connectivity index (χ4v) is 5.39. The van der Waals surface area contributed by atoms with Crippen molar-refractivity contribution in [3.8, 4) is 11.1 Å². The number of H-pyrrole nitrogens is 1. The van der Waals surface area contributed by atoms with Crippen LogP contribution < -0.4 is 10.6 Å². The largest absolute Gasteiger partial charge is 0.358 e. The minimum Gasteiger partial charge on any atom is -0.358 e. The Morgan fingerprint density at radius 1 is 1.11 bits per heavy atom. The lowest BCUT2D eigenvalue weighted by atomic mass is 9.94. The molecule has 0 atom stereocenters. The van der Waals surface area contributed by atoms with E-state index in [4.69, 9.17) is 11.6 Å². The van der Waals surface area contributed by atoms with Gasteiger partial charge in [-0.1, -0.05) is 35.9 Å². The third kappa shape index (κ3) is 5.10. The van der Waals surface area contributed by atoms with Gasteiger partial charge in [0.05, 0.1) is 24.2 Å². The van der Waals surface area contributed by atoms with E-state index in [2.05, 4.69) is 20.5 Å². The van der Waals surface area contributed by atoms with Crippen LogP contribution in [0.3, 0.4) is 0 Å². The number of nitrogens with one attached hydrogen (secondary N) is 3. The molecule has 1 aromatic heterocycles. The van der Waals surface area contributed by atoms with Crippen molar-refractivity contribution in [2.24, 2.45) is 0 Å². The molecule has 2 aromatic carbocycles. The Bertz CT molecular complexity index is 1430. The SMILES string of the molecule is Cc1[nH]c(C=C2C(=O)Nc3cccc(-c4cccc(Cl)c4)c32)c(C)c1C(=O)NCC(=O)CN1CCCC1. The number of halogens is 1. The Morgan fingerprint density at radius 3 is 2.62 bits per heavy atom. The molecule has 2 amide bonds. The summed E-state index contributed by atoms with van der Waals surface area (Å²) < 4.78 is 0. The van der Waals surface area contributed by atoms with Gasteiger partial charge >= 0.3 is 0 Å². The maximum Gasteiger partial charge on any atom is 0.256 e. The minimum atomic E-state index is -0.304. The van der Waals surface area contributed by atoms with Gasteiger partial charge in [0.25, 0.3) is 11.8 Å². The van der Waals surface area contributed by atoms with Crippen molar-refractivity contribution in [2.75, 3.05) is 31.5 Å². The van der Waals surface area contributed by atoms with Crippen LogP contribution in [0.15, 0.2) is 42.5 Å². The lowest BCUT2D eigenvalue weighted by Gasteiger charge is -2.13. The van der Waals surface area contributed by atoms with Crippen LogP contribution in [0.2, 0.25) is 5.02 Å². The molecule has 5 rings (SSSR count). The zero-order chi connectivity index (χ0) is 26.1. The van der Waals surface area contributed by atoms with E-state index in [1.807, 2.05) is 56.3 Å². The Morgan fingerprint density at radius 2 is 1.86 bits per heavy atom. The highest BCUT2D eigenvalue weighted by Gasteiger charge is 2.28.